The summed E-state index contributed by atoms with van der Waals surface area (Å²) in [5.41, 5.74) is 0. The SMILES string of the molecule is N#CC(COCC1CCCO1)NC1CC1. The zero-order valence-corrected chi connectivity index (χ0v) is 8.95. The van der Waals surface area contributed by atoms with Gasteiger partial charge in [-0.15, -0.1) is 0 Å². The molecule has 2 unspecified atom stereocenters. The molecule has 1 aliphatic heterocycles. The maximum absolute atomic E-state index is 8.87. The minimum absolute atomic E-state index is 0.154. The van der Waals surface area contributed by atoms with Crippen LogP contribution in [0.15, 0.2) is 0 Å². The van der Waals surface area contributed by atoms with Gasteiger partial charge in [0.25, 0.3) is 0 Å². The van der Waals surface area contributed by atoms with Gasteiger partial charge in [0.1, 0.15) is 6.04 Å². The summed E-state index contributed by atoms with van der Waals surface area (Å²) in [4.78, 5) is 0. The van der Waals surface area contributed by atoms with E-state index in [4.69, 9.17) is 14.7 Å². The van der Waals surface area contributed by atoms with Crippen molar-refractivity contribution in [2.24, 2.45) is 0 Å². The van der Waals surface area contributed by atoms with Gasteiger partial charge in [-0.2, -0.15) is 5.26 Å². The van der Waals surface area contributed by atoms with Crippen LogP contribution < -0.4 is 5.32 Å². The maximum atomic E-state index is 8.87. The molecule has 15 heavy (non-hydrogen) atoms. The number of nitrogens with zero attached hydrogens (tertiary/aromatic N) is 1. The first kappa shape index (κ1) is 10.9. The smallest absolute Gasteiger partial charge is 0.119 e. The Bertz CT molecular complexity index is 229. The lowest BCUT2D eigenvalue weighted by Crippen LogP contribution is -2.34. The molecule has 2 fully saturated rings. The molecule has 0 aromatic heterocycles. The van der Waals surface area contributed by atoms with Crippen LogP contribution in [0.5, 0.6) is 0 Å². The van der Waals surface area contributed by atoms with Crippen molar-refractivity contribution in [3.05, 3.63) is 0 Å². The predicted molar refractivity (Wildman–Crippen MR) is 55.4 cm³/mol. The largest absolute Gasteiger partial charge is 0.376 e. The fourth-order valence-corrected chi connectivity index (χ4v) is 1.75. The molecule has 2 atom stereocenters. The van der Waals surface area contributed by atoms with Gasteiger partial charge in [-0.3, -0.25) is 5.32 Å². The molecule has 0 radical (unpaired) electrons. The van der Waals surface area contributed by atoms with Gasteiger partial charge in [0.05, 0.1) is 25.4 Å². The molecule has 4 heteroatoms. The highest BCUT2D eigenvalue weighted by Gasteiger charge is 2.24. The molecular formula is C11H18N2O2. The summed E-state index contributed by atoms with van der Waals surface area (Å²) in [7, 11) is 0. The van der Waals surface area contributed by atoms with Gasteiger partial charge in [0.15, 0.2) is 0 Å². The summed E-state index contributed by atoms with van der Waals surface area (Å²) in [6, 6.07) is 2.62. The van der Waals surface area contributed by atoms with E-state index in [9.17, 15) is 0 Å². The lowest BCUT2D eigenvalue weighted by atomic mass is 10.2. The first-order chi connectivity index (χ1) is 7.38. The van der Waals surface area contributed by atoms with Crippen LogP contribution in [0.4, 0.5) is 0 Å². The summed E-state index contributed by atoms with van der Waals surface area (Å²) >= 11 is 0. The molecule has 2 rings (SSSR count). The summed E-state index contributed by atoms with van der Waals surface area (Å²) in [5, 5.41) is 12.1. The topological polar surface area (TPSA) is 54.3 Å². The molecule has 0 amide bonds. The van der Waals surface area contributed by atoms with Gasteiger partial charge in [-0.05, 0) is 25.7 Å². The second-order valence-corrected chi connectivity index (χ2v) is 4.30. The van der Waals surface area contributed by atoms with E-state index in [2.05, 4.69) is 11.4 Å². The highest BCUT2D eigenvalue weighted by atomic mass is 16.5. The van der Waals surface area contributed by atoms with E-state index in [0.29, 0.717) is 19.3 Å². The van der Waals surface area contributed by atoms with Crippen molar-refractivity contribution in [1.82, 2.24) is 5.32 Å². The van der Waals surface area contributed by atoms with Gasteiger partial charge in [-0.25, -0.2) is 0 Å². The summed E-state index contributed by atoms with van der Waals surface area (Å²) in [6.45, 7) is 1.97. The summed E-state index contributed by atoms with van der Waals surface area (Å²) in [6.07, 6.45) is 4.88. The molecule has 4 nitrogen and oxygen atoms in total. The Morgan fingerprint density at radius 2 is 2.33 bits per heavy atom. The van der Waals surface area contributed by atoms with Gasteiger partial charge in [-0.1, -0.05) is 0 Å². The van der Waals surface area contributed by atoms with Crippen molar-refractivity contribution in [3.63, 3.8) is 0 Å². The Labute approximate surface area is 90.5 Å². The van der Waals surface area contributed by atoms with Crippen molar-refractivity contribution < 1.29 is 9.47 Å². The minimum Gasteiger partial charge on any atom is -0.376 e. The van der Waals surface area contributed by atoms with E-state index >= 15 is 0 Å². The Kier molecular flexibility index (Phi) is 3.95. The molecule has 1 N–H and O–H groups in total. The third-order valence-corrected chi connectivity index (χ3v) is 2.78. The van der Waals surface area contributed by atoms with Crippen molar-refractivity contribution in [2.75, 3.05) is 19.8 Å². The molecule has 0 aromatic carbocycles. The molecular weight excluding hydrogens is 192 g/mol. The Morgan fingerprint density at radius 3 is 2.93 bits per heavy atom. The van der Waals surface area contributed by atoms with Gasteiger partial charge < -0.3 is 9.47 Å². The number of nitrogens with one attached hydrogen (secondary N) is 1. The third-order valence-electron chi connectivity index (χ3n) is 2.78. The van der Waals surface area contributed by atoms with E-state index in [1.54, 1.807) is 0 Å². The fraction of sp³-hybridized carbons (Fsp3) is 0.909. The highest BCUT2D eigenvalue weighted by molar-refractivity contribution is 4.95. The van der Waals surface area contributed by atoms with E-state index < -0.39 is 0 Å². The van der Waals surface area contributed by atoms with Gasteiger partial charge in [0.2, 0.25) is 0 Å². The predicted octanol–water partition coefficient (Wildman–Crippen LogP) is 0.826. The number of rotatable bonds is 6. The maximum Gasteiger partial charge on any atom is 0.119 e. The Balaban J connectivity index is 1.56. The second kappa shape index (κ2) is 5.45. The normalized spacial score (nSPS) is 27.5. The molecule has 1 saturated heterocycles. The van der Waals surface area contributed by atoms with Crippen molar-refractivity contribution in [3.8, 4) is 6.07 Å². The quantitative estimate of drug-likeness (QED) is 0.705. The van der Waals surface area contributed by atoms with Crippen LogP contribution in [0, 0.1) is 11.3 Å². The van der Waals surface area contributed by atoms with E-state index in [-0.39, 0.29) is 12.1 Å². The standard InChI is InChI=1S/C11H18N2O2/c12-6-10(13-9-3-4-9)7-14-8-11-2-1-5-15-11/h9-11,13H,1-5,7-8H2. The average molecular weight is 210 g/mol. The number of nitriles is 1. The van der Waals surface area contributed by atoms with Crippen LogP contribution in [0.1, 0.15) is 25.7 Å². The van der Waals surface area contributed by atoms with Crippen LogP contribution in [-0.2, 0) is 9.47 Å². The van der Waals surface area contributed by atoms with Crippen molar-refractivity contribution >= 4 is 0 Å². The Hall–Kier alpha value is -0.630. The monoisotopic (exact) mass is 210 g/mol. The van der Waals surface area contributed by atoms with Crippen LogP contribution in [0.3, 0.4) is 0 Å². The number of hydrogen-bond donors (Lipinski definition) is 1. The van der Waals surface area contributed by atoms with Gasteiger partial charge >= 0.3 is 0 Å². The lowest BCUT2D eigenvalue weighted by molar-refractivity contribution is 0.0140. The second-order valence-electron chi connectivity index (χ2n) is 4.30. The molecule has 2 aliphatic rings. The first-order valence-corrected chi connectivity index (χ1v) is 5.73. The molecule has 0 aromatic rings. The molecule has 84 valence electrons. The highest BCUT2D eigenvalue weighted by Crippen LogP contribution is 2.19. The fourth-order valence-electron chi connectivity index (χ4n) is 1.75. The van der Waals surface area contributed by atoms with Crippen molar-refractivity contribution in [2.45, 2.75) is 43.9 Å². The molecule has 0 spiro atoms. The number of hydrogen-bond acceptors (Lipinski definition) is 4. The zero-order chi connectivity index (χ0) is 10.5. The first-order valence-electron chi connectivity index (χ1n) is 5.73. The molecule has 1 heterocycles. The minimum atomic E-state index is -0.154. The molecule has 1 aliphatic carbocycles. The van der Waals surface area contributed by atoms with Crippen LogP contribution in [0.25, 0.3) is 0 Å². The van der Waals surface area contributed by atoms with E-state index in [0.717, 1.165) is 19.4 Å². The molecule has 1 saturated carbocycles. The average Bonchev–Trinajstić information content (AvgIpc) is 2.91. The molecule has 0 bridgehead atoms. The van der Waals surface area contributed by atoms with Crippen LogP contribution in [-0.4, -0.2) is 38.0 Å². The Morgan fingerprint density at radius 1 is 1.47 bits per heavy atom. The third kappa shape index (κ3) is 3.78. The summed E-state index contributed by atoms with van der Waals surface area (Å²) in [5.74, 6) is 0. The van der Waals surface area contributed by atoms with Crippen LogP contribution in [0.2, 0.25) is 0 Å². The van der Waals surface area contributed by atoms with Crippen LogP contribution >= 0.6 is 0 Å². The zero-order valence-electron chi connectivity index (χ0n) is 8.95. The van der Waals surface area contributed by atoms with E-state index in [1.807, 2.05) is 0 Å². The number of ether oxygens (including phenoxy) is 2. The van der Waals surface area contributed by atoms with Crippen molar-refractivity contribution in [1.29, 1.82) is 5.26 Å². The lowest BCUT2D eigenvalue weighted by Gasteiger charge is -2.13. The van der Waals surface area contributed by atoms with E-state index in [1.165, 1.54) is 12.8 Å². The van der Waals surface area contributed by atoms with Gasteiger partial charge in [0, 0.05) is 12.6 Å². The summed E-state index contributed by atoms with van der Waals surface area (Å²) < 4.78 is 10.9.